The standard InChI is InChI=1S/C29H30FN7O2S/c30-22-5-3-19(4-6-22)29-33-26(18-40-29)28(39)32-24-14-21-16-37(34-25(21)13-20(24)15-31)17-27(38)36-11-7-23(8-12-36)35-9-1-2-10-35/h3-6,13-16,18,23,31H,1-2,7-12,17H2,(H,32,39). The lowest BCUT2D eigenvalue weighted by molar-refractivity contribution is -0.133. The van der Waals surface area contributed by atoms with Crippen molar-refractivity contribution in [3.8, 4) is 10.6 Å². The number of nitrogens with zero attached hydrogens (tertiary/aromatic N) is 5. The number of carbonyl (C=O) groups excluding carboxylic acids is 2. The van der Waals surface area contributed by atoms with Gasteiger partial charge >= 0.3 is 0 Å². The quantitative estimate of drug-likeness (QED) is 0.321. The normalized spacial score (nSPS) is 16.5. The Hall–Kier alpha value is -3.96. The van der Waals surface area contributed by atoms with E-state index in [2.05, 4.69) is 20.3 Å². The van der Waals surface area contributed by atoms with Crippen LogP contribution in [0.1, 0.15) is 41.7 Å². The second-order valence-electron chi connectivity index (χ2n) is 10.3. The van der Waals surface area contributed by atoms with Gasteiger partial charge in [0, 0.05) is 53.4 Å². The van der Waals surface area contributed by atoms with Crippen LogP contribution < -0.4 is 5.32 Å². The molecule has 0 atom stereocenters. The monoisotopic (exact) mass is 559 g/mol. The van der Waals surface area contributed by atoms with Gasteiger partial charge in [0.15, 0.2) is 0 Å². The molecule has 40 heavy (non-hydrogen) atoms. The van der Waals surface area contributed by atoms with Gasteiger partial charge in [0.1, 0.15) is 23.1 Å². The molecule has 2 aromatic heterocycles. The second kappa shape index (κ2) is 11.3. The van der Waals surface area contributed by atoms with Gasteiger partial charge in [-0.05, 0) is 75.2 Å². The molecule has 0 aliphatic carbocycles. The molecule has 2 fully saturated rings. The summed E-state index contributed by atoms with van der Waals surface area (Å²) < 4.78 is 14.9. The molecule has 4 aromatic rings. The summed E-state index contributed by atoms with van der Waals surface area (Å²) in [6.45, 7) is 4.05. The Morgan fingerprint density at radius 1 is 1.10 bits per heavy atom. The molecular formula is C29H30FN7O2S. The van der Waals surface area contributed by atoms with Crippen LogP contribution in [0.4, 0.5) is 10.1 Å². The molecule has 0 bridgehead atoms. The highest BCUT2D eigenvalue weighted by Gasteiger charge is 2.28. The summed E-state index contributed by atoms with van der Waals surface area (Å²) in [6.07, 6.45) is 7.55. The zero-order valence-corrected chi connectivity index (χ0v) is 22.8. The average molecular weight is 560 g/mol. The maximum absolute atomic E-state index is 13.2. The summed E-state index contributed by atoms with van der Waals surface area (Å²) in [6, 6.07) is 10.0. The Morgan fingerprint density at radius 2 is 1.85 bits per heavy atom. The average Bonchev–Trinajstić information content (AvgIpc) is 3.74. The van der Waals surface area contributed by atoms with Gasteiger partial charge in [0.2, 0.25) is 5.91 Å². The van der Waals surface area contributed by atoms with Crippen LogP contribution >= 0.6 is 11.3 Å². The van der Waals surface area contributed by atoms with Gasteiger partial charge in [-0.15, -0.1) is 11.3 Å². The molecule has 0 saturated carbocycles. The number of fused-ring (bicyclic) bond motifs is 1. The molecule has 2 aliphatic rings. The fraction of sp³-hybridized carbons (Fsp3) is 0.345. The second-order valence-corrected chi connectivity index (χ2v) is 11.2. The van der Waals surface area contributed by atoms with Crippen molar-refractivity contribution in [2.24, 2.45) is 0 Å². The Labute approximate surface area is 235 Å². The highest BCUT2D eigenvalue weighted by Crippen LogP contribution is 2.27. The number of halogens is 1. The summed E-state index contributed by atoms with van der Waals surface area (Å²) in [5, 5.41) is 18.3. The minimum absolute atomic E-state index is 0.0500. The van der Waals surface area contributed by atoms with Gasteiger partial charge in [-0.2, -0.15) is 5.10 Å². The topological polar surface area (TPSA) is 107 Å². The zero-order valence-electron chi connectivity index (χ0n) is 22.0. The van der Waals surface area contributed by atoms with Gasteiger partial charge in [-0.25, -0.2) is 9.37 Å². The Kier molecular flexibility index (Phi) is 7.40. The molecule has 9 nitrogen and oxygen atoms in total. The smallest absolute Gasteiger partial charge is 0.275 e. The lowest BCUT2D eigenvalue weighted by Gasteiger charge is -2.36. The molecule has 206 valence electrons. The van der Waals surface area contributed by atoms with Crippen molar-refractivity contribution in [1.29, 1.82) is 5.41 Å². The summed E-state index contributed by atoms with van der Waals surface area (Å²) >= 11 is 1.30. The summed E-state index contributed by atoms with van der Waals surface area (Å²) in [5.74, 6) is -0.695. The minimum atomic E-state index is -0.410. The van der Waals surface area contributed by atoms with Crippen molar-refractivity contribution in [2.75, 3.05) is 31.5 Å². The third kappa shape index (κ3) is 5.52. The van der Waals surface area contributed by atoms with Crippen LogP contribution in [-0.2, 0) is 11.3 Å². The molecule has 6 rings (SSSR count). The minimum Gasteiger partial charge on any atom is -0.341 e. The highest BCUT2D eigenvalue weighted by molar-refractivity contribution is 7.13. The number of benzene rings is 2. The Morgan fingerprint density at radius 3 is 2.58 bits per heavy atom. The molecule has 2 aliphatic heterocycles. The predicted molar refractivity (Wildman–Crippen MR) is 153 cm³/mol. The fourth-order valence-corrected chi connectivity index (χ4v) is 6.37. The molecule has 2 N–H and O–H groups in total. The lowest BCUT2D eigenvalue weighted by Crippen LogP contribution is -2.46. The van der Waals surface area contributed by atoms with Gasteiger partial charge in [-0.3, -0.25) is 14.3 Å². The number of amides is 2. The van der Waals surface area contributed by atoms with E-state index in [1.807, 2.05) is 4.90 Å². The number of anilines is 1. The summed E-state index contributed by atoms with van der Waals surface area (Å²) in [5.41, 5.74) is 2.55. The Bertz CT molecular complexity index is 1550. The van der Waals surface area contributed by atoms with Crippen molar-refractivity contribution >= 4 is 46.0 Å². The number of thiazole rings is 1. The molecule has 2 amide bonds. The van der Waals surface area contributed by atoms with E-state index in [-0.39, 0.29) is 24.0 Å². The van der Waals surface area contributed by atoms with E-state index in [0.717, 1.165) is 43.1 Å². The van der Waals surface area contributed by atoms with Crippen molar-refractivity contribution in [1.82, 2.24) is 24.6 Å². The maximum Gasteiger partial charge on any atom is 0.275 e. The van der Waals surface area contributed by atoms with E-state index in [1.165, 1.54) is 49.4 Å². The number of nitrogens with one attached hydrogen (secondary N) is 2. The number of likely N-dealkylation sites (tertiary alicyclic amines) is 2. The van der Waals surface area contributed by atoms with Gasteiger partial charge < -0.3 is 20.5 Å². The van der Waals surface area contributed by atoms with Crippen LogP contribution in [0, 0.1) is 11.2 Å². The van der Waals surface area contributed by atoms with Crippen LogP contribution in [-0.4, -0.2) is 74.8 Å². The van der Waals surface area contributed by atoms with Crippen LogP contribution in [0.15, 0.2) is 48.0 Å². The highest BCUT2D eigenvalue weighted by atomic mass is 32.1. The third-order valence-electron chi connectivity index (χ3n) is 7.73. The molecular weight excluding hydrogens is 529 g/mol. The van der Waals surface area contributed by atoms with Crippen LogP contribution in [0.5, 0.6) is 0 Å². The summed E-state index contributed by atoms with van der Waals surface area (Å²) in [7, 11) is 0. The van der Waals surface area contributed by atoms with Crippen LogP contribution in [0.2, 0.25) is 0 Å². The third-order valence-corrected chi connectivity index (χ3v) is 8.62. The lowest BCUT2D eigenvalue weighted by atomic mass is 10.0. The first kappa shape index (κ1) is 26.3. The number of carbonyl (C=O) groups is 2. The van der Waals surface area contributed by atoms with Crippen molar-refractivity contribution in [3.63, 3.8) is 0 Å². The van der Waals surface area contributed by atoms with E-state index in [0.29, 0.717) is 27.8 Å². The number of aromatic nitrogens is 3. The Balaban J connectivity index is 1.12. The molecule has 11 heteroatoms. The zero-order chi connectivity index (χ0) is 27.6. The first-order valence-corrected chi connectivity index (χ1v) is 14.4. The van der Waals surface area contributed by atoms with Crippen molar-refractivity contribution in [3.05, 3.63) is 65.0 Å². The van der Waals surface area contributed by atoms with E-state index in [9.17, 15) is 14.0 Å². The van der Waals surface area contributed by atoms with E-state index < -0.39 is 5.91 Å². The van der Waals surface area contributed by atoms with Gasteiger partial charge in [-0.1, -0.05) is 0 Å². The maximum atomic E-state index is 13.2. The molecule has 0 radical (unpaired) electrons. The van der Waals surface area contributed by atoms with Crippen LogP contribution in [0.3, 0.4) is 0 Å². The number of hydrogen-bond donors (Lipinski definition) is 2. The molecule has 2 aromatic carbocycles. The number of piperidine rings is 1. The largest absolute Gasteiger partial charge is 0.341 e. The van der Waals surface area contributed by atoms with Gasteiger partial charge in [0.25, 0.3) is 5.91 Å². The SMILES string of the molecule is N=Cc1cc2nn(CC(=O)N3CCC(N4CCCC4)CC3)cc2cc1NC(=O)c1csc(-c2ccc(F)cc2)n1. The van der Waals surface area contributed by atoms with E-state index in [1.54, 1.807) is 40.5 Å². The molecule has 2 saturated heterocycles. The molecule has 4 heterocycles. The number of rotatable bonds is 7. The molecule has 0 unspecified atom stereocenters. The van der Waals surface area contributed by atoms with Crippen LogP contribution in [0.25, 0.3) is 21.5 Å². The fourth-order valence-electron chi connectivity index (χ4n) is 5.56. The predicted octanol–water partition coefficient (Wildman–Crippen LogP) is 4.64. The first-order chi connectivity index (χ1) is 19.5. The number of hydrogen-bond acceptors (Lipinski definition) is 7. The van der Waals surface area contributed by atoms with E-state index in [4.69, 9.17) is 5.41 Å². The molecule has 0 spiro atoms. The van der Waals surface area contributed by atoms with Gasteiger partial charge in [0.05, 0.1) is 11.2 Å². The van der Waals surface area contributed by atoms with Crippen molar-refractivity contribution < 1.29 is 14.0 Å². The van der Waals surface area contributed by atoms with E-state index >= 15 is 0 Å². The van der Waals surface area contributed by atoms with Crippen molar-refractivity contribution in [2.45, 2.75) is 38.3 Å². The summed E-state index contributed by atoms with van der Waals surface area (Å²) in [4.78, 5) is 34.9. The first-order valence-electron chi connectivity index (χ1n) is 13.5.